The average molecular weight is 282 g/mol. The van der Waals surface area contributed by atoms with E-state index in [1.165, 1.54) is 25.0 Å². The molecule has 3 fully saturated rings. The minimum Gasteiger partial charge on any atom is -0.342 e. The van der Waals surface area contributed by atoms with Crippen LogP contribution in [0.25, 0.3) is 0 Å². The first kappa shape index (κ1) is 13.3. The molecule has 5 heteroatoms. The minimum atomic E-state index is -0.301. The van der Waals surface area contributed by atoms with E-state index < -0.39 is 0 Å². The van der Waals surface area contributed by atoms with Crippen LogP contribution in [0.5, 0.6) is 0 Å². The molecule has 2 heterocycles. The Labute approximate surface area is 118 Å². The van der Waals surface area contributed by atoms with Gasteiger partial charge >= 0.3 is 0 Å². The number of rotatable bonds is 3. The zero-order valence-electron chi connectivity index (χ0n) is 11.4. The van der Waals surface area contributed by atoms with Gasteiger partial charge in [0.15, 0.2) is 0 Å². The lowest BCUT2D eigenvalue weighted by Gasteiger charge is -2.39. The van der Waals surface area contributed by atoms with E-state index in [-0.39, 0.29) is 23.9 Å². The van der Waals surface area contributed by atoms with Crippen LogP contribution in [0.2, 0.25) is 0 Å². The molecule has 3 rings (SSSR count). The van der Waals surface area contributed by atoms with Crippen molar-refractivity contribution in [2.24, 2.45) is 5.92 Å². The molecule has 0 aromatic rings. The number of carbonyl (C=O) groups excluding carboxylic acids is 2. The Kier molecular flexibility index (Phi) is 3.74. The average Bonchev–Trinajstić information content (AvgIpc) is 3.24. The molecule has 1 N–H and O–H groups in total. The van der Waals surface area contributed by atoms with Gasteiger partial charge in [-0.05, 0) is 44.3 Å². The maximum atomic E-state index is 12.5. The van der Waals surface area contributed by atoms with Crippen LogP contribution < -0.4 is 5.32 Å². The zero-order valence-corrected chi connectivity index (χ0v) is 12.2. The van der Waals surface area contributed by atoms with Gasteiger partial charge in [-0.3, -0.25) is 9.59 Å². The maximum absolute atomic E-state index is 12.5. The summed E-state index contributed by atoms with van der Waals surface area (Å²) in [6, 6.07) is -0.540. The lowest BCUT2D eigenvalue weighted by atomic mass is 10.0. The Balaban J connectivity index is 1.68. The number of nitrogens with one attached hydrogen (secondary N) is 1. The maximum Gasteiger partial charge on any atom is 0.246 e. The second-order valence-electron chi connectivity index (χ2n) is 5.98. The molecule has 0 spiro atoms. The highest BCUT2D eigenvalue weighted by atomic mass is 32.2. The molecule has 0 aromatic heterocycles. The van der Waals surface area contributed by atoms with Gasteiger partial charge in [0.05, 0.1) is 0 Å². The van der Waals surface area contributed by atoms with Crippen molar-refractivity contribution in [3.63, 3.8) is 0 Å². The van der Waals surface area contributed by atoms with Crippen molar-refractivity contribution in [3.05, 3.63) is 0 Å². The fourth-order valence-electron chi connectivity index (χ4n) is 3.01. The molecule has 1 saturated carbocycles. The summed E-state index contributed by atoms with van der Waals surface area (Å²) in [5.74, 6) is 1.77. The Bertz CT molecular complexity index is 378. The number of carbonyl (C=O) groups is 2. The van der Waals surface area contributed by atoms with Crippen molar-refractivity contribution >= 4 is 23.6 Å². The molecule has 2 saturated heterocycles. The van der Waals surface area contributed by atoms with E-state index in [0.717, 1.165) is 19.4 Å². The third-order valence-electron chi connectivity index (χ3n) is 4.46. The summed E-state index contributed by atoms with van der Waals surface area (Å²) in [5, 5.41) is 3.43. The van der Waals surface area contributed by atoms with Crippen LogP contribution in [0, 0.1) is 5.92 Å². The molecule has 0 radical (unpaired) electrons. The number of piperazine rings is 1. The van der Waals surface area contributed by atoms with E-state index in [9.17, 15) is 9.59 Å². The normalized spacial score (nSPS) is 36.3. The summed E-state index contributed by atoms with van der Waals surface area (Å²) in [6.07, 6.45) is 5.88. The monoisotopic (exact) mass is 282 g/mol. The fourth-order valence-corrected chi connectivity index (χ4v) is 4.32. The first-order valence-electron chi connectivity index (χ1n) is 7.39. The van der Waals surface area contributed by atoms with Crippen LogP contribution in [0.1, 0.15) is 39.0 Å². The quantitative estimate of drug-likeness (QED) is 0.851. The minimum absolute atomic E-state index is 0.0253. The largest absolute Gasteiger partial charge is 0.342 e. The number of hydrogen-bond acceptors (Lipinski definition) is 3. The summed E-state index contributed by atoms with van der Waals surface area (Å²) < 4.78 is 0. The van der Waals surface area contributed by atoms with Crippen molar-refractivity contribution in [2.75, 3.05) is 12.3 Å². The zero-order chi connectivity index (χ0) is 13.4. The molecule has 4 nitrogen and oxygen atoms in total. The van der Waals surface area contributed by atoms with Gasteiger partial charge in [0, 0.05) is 11.8 Å². The van der Waals surface area contributed by atoms with E-state index in [1.54, 1.807) is 0 Å². The highest BCUT2D eigenvalue weighted by Gasteiger charge is 2.45. The van der Waals surface area contributed by atoms with Gasteiger partial charge in [0.25, 0.3) is 0 Å². The van der Waals surface area contributed by atoms with Gasteiger partial charge in [0.2, 0.25) is 11.8 Å². The third kappa shape index (κ3) is 2.76. The predicted molar refractivity (Wildman–Crippen MR) is 75.9 cm³/mol. The van der Waals surface area contributed by atoms with E-state index in [4.69, 9.17) is 0 Å². The van der Waals surface area contributed by atoms with Crippen molar-refractivity contribution in [2.45, 2.75) is 56.4 Å². The van der Waals surface area contributed by atoms with E-state index in [0.29, 0.717) is 11.2 Å². The molecule has 3 aliphatic rings. The summed E-state index contributed by atoms with van der Waals surface area (Å²) in [6.45, 7) is 2.60. The van der Waals surface area contributed by atoms with Crippen molar-refractivity contribution in [1.82, 2.24) is 10.2 Å². The number of nitrogens with zero attached hydrogens (tertiary/aromatic N) is 1. The van der Waals surface area contributed by atoms with Gasteiger partial charge in [-0.1, -0.05) is 6.42 Å². The highest BCUT2D eigenvalue weighted by molar-refractivity contribution is 7.99. The molecule has 3 unspecified atom stereocenters. The van der Waals surface area contributed by atoms with Gasteiger partial charge in [-0.25, -0.2) is 0 Å². The summed E-state index contributed by atoms with van der Waals surface area (Å²) in [7, 11) is 0. The second-order valence-corrected chi connectivity index (χ2v) is 7.39. The standard InChI is InChI=1S/C14H22N2O2S/c1-9-13(17)15-12(10-5-6-10)14(18)16(9)8-11-4-2-3-7-19-11/h9-12H,2-8H2,1H3,(H,15,17). The molecular weight excluding hydrogens is 260 g/mol. The molecule has 2 amide bonds. The molecule has 19 heavy (non-hydrogen) atoms. The van der Waals surface area contributed by atoms with Crippen molar-refractivity contribution in [1.29, 1.82) is 0 Å². The second kappa shape index (κ2) is 5.35. The molecule has 2 aliphatic heterocycles. The number of hydrogen-bond donors (Lipinski definition) is 1. The van der Waals surface area contributed by atoms with Crippen LogP contribution in [0.3, 0.4) is 0 Å². The molecule has 3 atom stereocenters. The molecule has 0 aromatic carbocycles. The predicted octanol–water partition coefficient (Wildman–Crippen LogP) is 1.40. The van der Waals surface area contributed by atoms with Crippen LogP contribution in [-0.4, -0.2) is 46.3 Å². The smallest absolute Gasteiger partial charge is 0.246 e. The molecule has 1 aliphatic carbocycles. The summed E-state index contributed by atoms with van der Waals surface area (Å²) in [4.78, 5) is 26.4. The van der Waals surface area contributed by atoms with Crippen LogP contribution >= 0.6 is 11.8 Å². The molecule has 106 valence electrons. The Morgan fingerprint density at radius 2 is 2.05 bits per heavy atom. The fraction of sp³-hybridized carbons (Fsp3) is 0.857. The Morgan fingerprint density at radius 3 is 2.68 bits per heavy atom. The first-order chi connectivity index (χ1) is 9.16. The van der Waals surface area contributed by atoms with E-state index >= 15 is 0 Å². The molecule has 0 bridgehead atoms. The van der Waals surface area contributed by atoms with Gasteiger partial charge < -0.3 is 10.2 Å². The molecular formula is C14H22N2O2S. The number of amides is 2. The Morgan fingerprint density at radius 1 is 1.26 bits per heavy atom. The van der Waals surface area contributed by atoms with Crippen LogP contribution in [-0.2, 0) is 9.59 Å². The van der Waals surface area contributed by atoms with E-state index in [1.807, 2.05) is 23.6 Å². The highest BCUT2D eigenvalue weighted by Crippen LogP contribution is 2.35. The first-order valence-corrected chi connectivity index (χ1v) is 8.44. The van der Waals surface area contributed by atoms with Crippen molar-refractivity contribution in [3.8, 4) is 0 Å². The van der Waals surface area contributed by atoms with Crippen molar-refractivity contribution < 1.29 is 9.59 Å². The van der Waals surface area contributed by atoms with Crippen LogP contribution in [0.15, 0.2) is 0 Å². The Hall–Kier alpha value is -0.710. The SMILES string of the molecule is CC1C(=O)NC(C2CC2)C(=O)N1CC1CCCCS1. The van der Waals surface area contributed by atoms with E-state index in [2.05, 4.69) is 5.32 Å². The van der Waals surface area contributed by atoms with Gasteiger partial charge in [-0.2, -0.15) is 11.8 Å². The summed E-state index contributed by atoms with van der Waals surface area (Å²) in [5.41, 5.74) is 0. The lowest BCUT2D eigenvalue weighted by molar-refractivity contribution is -0.149. The van der Waals surface area contributed by atoms with Gasteiger partial charge in [0.1, 0.15) is 12.1 Å². The van der Waals surface area contributed by atoms with Crippen LogP contribution in [0.4, 0.5) is 0 Å². The summed E-state index contributed by atoms with van der Waals surface area (Å²) >= 11 is 1.96. The lowest BCUT2D eigenvalue weighted by Crippen LogP contribution is -2.64. The third-order valence-corrected chi connectivity index (χ3v) is 5.84. The van der Waals surface area contributed by atoms with Gasteiger partial charge in [-0.15, -0.1) is 0 Å². The number of thioether (sulfide) groups is 1. The topological polar surface area (TPSA) is 49.4 Å².